The molecule has 0 aromatic heterocycles. The molecule has 0 saturated heterocycles. The molecule has 12 heteroatoms. The van der Waals surface area contributed by atoms with Gasteiger partial charge < -0.3 is 19.5 Å². The van der Waals surface area contributed by atoms with Crippen LogP contribution in [0.2, 0.25) is 0 Å². The number of fused-ring (bicyclic) bond motifs is 1. The third-order valence-corrected chi connectivity index (χ3v) is 6.43. The Morgan fingerprint density at radius 3 is 2.56 bits per heavy atom. The molecule has 0 radical (unpaired) electrons. The van der Waals surface area contributed by atoms with E-state index in [2.05, 4.69) is 5.32 Å². The van der Waals surface area contributed by atoms with Gasteiger partial charge in [0.2, 0.25) is 15.9 Å². The Labute approximate surface area is 197 Å². The summed E-state index contributed by atoms with van der Waals surface area (Å²) in [5.74, 6) is 1.19. The fourth-order valence-corrected chi connectivity index (χ4v) is 4.52. The highest BCUT2D eigenvalue weighted by molar-refractivity contribution is 7.92. The zero-order valence-electron chi connectivity index (χ0n) is 19.1. The fraction of sp³-hybridized carbons (Fsp3) is 0.409. The average Bonchev–Trinajstić information content (AvgIpc) is 2.80. The minimum absolute atomic E-state index is 0.0456. The van der Waals surface area contributed by atoms with Crippen LogP contribution in [0.15, 0.2) is 36.4 Å². The number of benzene rings is 2. The Hall–Kier alpha value is -3.54. The lowest BCUT2D eigenvalue weighted by Gasteiger charge is -2.24. The molecule has 1 amide bonds. The summed E-state index contributed by atoms with van der Waals surface area (Å²) in [6, 6.07) is 8.87. The number of amides is 1. The molecule has 34 heavy (non-hydrogen) atoms. The van der Waals surface area contributed by atoms with E-state index in [0.717, 1.165) is 22.2 Å². The second-order valence-electron chi connectivity index (χ2n) is 7.74. The number of carbonyl (C=O) groups excluding carboxylic acids is 1. The lowest BCUT2D eigenvalue weighted by atomic mass is 10.1. The van der Waals surface area contributed by atoms with E-state index >= 15 is 0 Å². The van der Waals surface area contributed by atoms with Crippen molar-refractivity contribution in [3.8, 4) is 17.2 Å². The Morgan fingerprint density at radius 1 is 1.21 bits per heavy atom. The van der Waals surface area contributed by atoms with Crippen LogP contribution in [0.1, 0.15) is 31.4 Å². The van der Waals surface area contributed by atoms with Gasteiger partial charge in [0.15, 0.2) is 11.5 Å². The standard InChI is InChI=1S/C22H27N3O8S/c1-15(16-6-8-20-21(13-16)33-12-11-32-20)23-22(26)5-4-10-24(34(3,29)30)18-14-17(25(27)28)7-9-19(18)31-2/h6-9,13-15H,4-5,10-12H2,1-3H3,(H,23,26)/t15-/m0/s1. The number of nitrogens with zero attached hydrogens (tertiary/aromatic N) is 2. The van der Waals surface area contributed by atoms with Crippen LogP contribution in [-0.4, -0.2) is 52.4 Å². The number of rotatable bonds is 10. The number of hydrogen-bond donors (Lipinski definition) is 1. The summed E-state index contributed by atoms with van der Waals surface area (Å²) in [6.45, 7) is 2.73. The Kier molecular flexibility index (Phi) is 7.82. The van der Waals surface area contributed by atoms with Gasteiger partial charge in [-0.15, -0.1) is 0 Å². The van der Waals surface area contributed by atoms with Crippen molar-refractivity contribution in [2.24, 2.45) is 0 Å². The summed E-state index contributed by atoms with van der Waals surface area (Å²) in [7, 11) is -2.45. The van der Waals surface area contributed by atoms with E-state index in [9.17, 15) is 23.3 Å². The van der Waals surface area contributed by atoms with Crippen LogP contribution >= 0.6 is 0 Å². The highest BCUT2D eigenvalue weighted by atomic mass is 32.2. The molecule has 1 atom stereocenters. The average molecular weight is 494 g/mol. The largest absolute Gasteiger partial charge is 0.495 e. The van der Waals surface area contributed by atoms with E-state index in [-0.39, 0.29) is 48.5 Å². The smallest absolute Gasteiger partial charge is 0.271 e. The van der Waals surface area contributed by atoms with Crippen LogP contribution < -0.4 is 23.8 Å². The molecule has 0 fully saturated rings. The zero-order chi connectivity index (χ0) is 24.9. The van der Waals surface area contributed by atoms with Crippen molar-refractivity contribution in [1.29, 1.82) is 0 Å². The summed E-state index contributed by atoms with van der Waals surface area (Å²) in [4.78, 5) is 23.0. The number of carbonyl (C=O) groups is 1. The van der Waals surface area contributed by atoms with Crippen molar-refractivity contribution in [2.75, 3.05) is 37.4 Å². The van der Waals surface area contributed by atoms with Crippen LogP contribution in [0.3, 0.4) is 0 Å². The number of hydrogen-bond acceptors (Lipinski definition) is 8. The van der Waals surface area contributed by atoms with Crippen LogP contribution in [-0.2, 0) is 14.8 Å². The number of nitro benzene ring substituents is 1. The Morgan fingerprint density at radius 2 is 1.91 bits per heavy atom. The molecule has 0 spiro atoms. The molecule has 0 saturated carbocycles. The lowest BCUT2D eigenvalue weighted by molar-refractivity contribution is -0.384. The number of anilines is 1. The molecule has 0 bridgehead atoms. The van der Waals surface area contributed by atoms with E-state index in [1.54, 1.807) is 6.07 Å². The lowest BCUT2D eigenvalue weighted by Crippen LogP contribution is -2.33. The van der Waals surface area contributed by atoms with Crippen LogP contribution in [0.5, 0.6) is 17.2 Å². The third-order valence-electron chi connectivity index (χ3n) is 5.25. The van der Waals surface area contributed by atoms with E-state index < -0.39 is 14.9 Å². The molecule has 2 aromatic carbocycles. The molecule has 3 rings (SSSR count). The first kappa shape index (κ1) is 25.1. The quantitative estimate of drug-likeness (QED) is 0.394. The molecule has 0 aliphatic carbocycles. The number of sulfonamides is 1. The van der Waals surface area contributed by atoms with Crippen molar-refractivity contribution in [1.82, 2.24) is 5.32 Å². The summed E-state index contributed by atoms with van der Waals surface area (Å²) >= 11 is 0. The van der Waals surface area contributed by atoms with Gasteiger partial charge in [0.1, 0.15) is 24.7 Å². The van der Waals surface area contributed by atoms with Gasteiger partial charge in [0.25, 0.3) is 5.69 Å². The maximum Gasteiger partial charge on any atom is 0.271 e. The van der Waals surface area contributed by atoms with Crippen LogP contribution in [0.25, 0.3) is 0 Å². The Bertz CT molecular complexity index is 1170. The van der Waals surface area contributed by atoms with E-state index in [1.807, 2.05) is 19.1 Å². The second kappa shape index (κ2) is 10.6. The maximum absolute atomic E-state index is 12.5. The molecular weight excluding hydrogens is 466 g/mol. The van der Waals surface area contributed by atoms with Gasteiger partial charge in [-0.3, -0.25) is 19.2 Å². The predicted octanol–water partition coefficient (Wildman–Crippen LogP) is 2.80. The first-order valence-corrected chi connectivity index (χ1v) is 12.4. The van der Waals surface area contributed by atoms with Gasteiger partial charge in [0, 0.05) is 25.1 Å². The number of non-ortho nitro benzene ring substituents is 1. The topological polar surface area (TPSA) is 137 Å². The monoisotopic (exact) mass is 493 g/mol. The summed E-state index contributed by atoms with van der Waals surface area (Å²) in [5, 5.41) is 14.0. The minimum Gasteiger partial charge on any atom is -0.495 e. The molecular formula is C22H27N3O8S. The predicted molar refractivity (Wildman–Crippen MR) is 125 cm³/mol. The van der Waals surface area contributed by atoms with Gasteiger partial charge >= 0.3 is 0 Å². The van der Waals surface area contributed by atoms with E-state index in [4.69, 9.17) is 14.2 Å². The molecule has 184 valence electrons. The molecule has 1 aliphatic rings. The highest BCUT2D eigenvalue weighted by Gasteiger charge is 2.24. The number of nitrogens with one attached hydrogen (secondary N) is 1. The zero-order valence-corrected chi connectivity index (χ0v) is 20.0. The number of ether oxygens (including phenoxy) is 3. The van der Waals surface area contributed by atoms with Crippen molar-refractivity contribution in [2.45, 2.75) is 25.8 Å². The van der Waals surface area contributed by atoms with Gasteiger partial charge in [-0.25, -0.2) is 8.42 Å². The molecule has 0 unspecified atom stereocenters. The van der Waals surface area contributed by atoms with Gasteiger partial charge in [-0.2, -0.15) is 0 Å². The first-order chi connectivity index (χ1) is 16.1. The normalized spacial score (nSPS) is 13.6. The summed E-state index contributed by atoms with van der Waals surface area (Å²) in [6.07, 6.45) is 1.24. The van der Waals surface area contributed by atoms with Gasteiger partial charge in [-0.05, 0) is 37.1 Å². The van der Waals surface area contributed by atoms with E-state index in [1.165, 1.54) is 19.2 Å². The number of methoxy groups -OCH3 is 1. The molecule has 2 aromatic rings. The third kappa shape index (κ3) is 6.07. The highest BCUT2D eigenvalue weighted by Crippen LogP contribution is 2.34. The van der Waals surface area contributed by atoms with Crippen molar-refractivity contribution in [3.05, 3.63) is 52.1 Å². The minimum atomic E-state index is -3.79. The molecule has 1 heterocycles. The SMILES string of the molecule is COc1ccc([N+](=O)[O-])cc1N(CCCC(=O)N[C@@H](C)c1ccc2c(c1)OCCO2)S(C)(=O)=O. The second-order valence-corrected chi connectivity index (χ2v) is 9.65. The van der Waals surface area contributed by atoms with Crippen molar-refractivity contribution < 1.29 is 32.3 Å². The van der Waals surface area contributed by atoms with E-state index in [0.29, 0.717) is 24.7 Å². The van der Waals surface area contributed by atoms with Gasteiger partial charge in [-0.1, -0.05) is 6.07 Å². The van der Waals surface area contributed by atoms with Crippen LogP contribution in [0, 0.1) is 10.1 Å². The van der Waals surface area contributed by atoms with Crippen molar-refractivity contribution >= 4 is 27.3 Å². The first-order valence-electron chi connectivity index (χ1n) is 10.6. The van der Waals surface area contributed by atoms with Crippen molar-refractivity contribution in [3.63, 3.8) is 0 Å². The number of nitro groups is 1. The molecule has 1 N–H and O–H groups in total. The molecule has 11 nitrogen and oxygen atoms in total. The summed E-state index contributed by atoms with van der Waals surface area (Å²) < 4.78 is 42.1. The Balaban J connectivity index is 1.64. The van der Waals surface area contributed by atoms with Crippen LogP contribution in [0.4, 0.5) is 11.4 Å². The fourth-order valence-electron chi connectivity index (χ4n) is 3.56. The maximum atomic E-state index is 12.5. The molecule has 1 aliphatic heterocycles. The van der Waals surface area contributed by atoms with Gasteiger partial charge in [0.05, 0.1) is 24.3 Å². The summed E-state index contributed by atoms with van der Waals surface area (Å²) in [5.41, 5.74) is 0.622.